The second-order valence-corrected chi connectivity index (χ2v) is 5.20. The predicted octanol–water partition coefficient (Wildman–Crippen LogP) is 1.26. The molecule has 0 aliphatic heterocycles. The summed E-state index contributed by atoms with van der Waals surface area (Å²) >= 11 is 0. The molecule has 5 heteroatoms. The summed E-state index contributed by atoms with van der Waals surface area (Å²) in [7, 11) is 0. The molecule has 0 radical (unpaired) electrons. The molecule has 0 rings (SSSR count). The fourth-order valence-corrected chi connectivity index (χ4v) is 1.51. The van der Waals surface area contributed by atoms with Gasteiger partial charge in [-0.3, -0.25) is 9.59 Å². The highest BCUT2D eigenvalue weighted by molar-refractivity contribution is 5.76. The van der Waals surface area contributed by atoms with E-state index in [0.29, 0.717) is 12.8 Å². The van der Waals surface area contributed by atoms with Gasteiger partial charge in [-0.1, -0.05) is 0 Å². The highest BCUT2D eigenvalue weighted by Gasteiger charge is 2.21. The molecule has 1 atom stereocenters. The summed E-state index contributed by atoms with van der Waals surface area (Å²) in [5.41, 5.74) is 5.12. The van der Waals surface area contributed by atoms with Gasteiger partial charge in [-0.05, 0) is 40.0 Å². The highest BCUT2D eigenvalue weighted by Crippen LogP contribution is 2.12. The van der Waals surface area contributed by atoms with Gasteiger partial charge in [0, 0.05) is 24.4 Å². The molecule has 1 unspecified atom stereocenters. The molecule has 0 spiro atoms. The topological polar surface area (TPSA) is 92.4 Å². The van der Waals surface area contributed by atoms with Gasteiger partial charge < -0.3 is 16.2 Å². The predicted molar refractivity (Wildman–Crippen MR) is 66.6 cm³/mol. The lowest BCUT2D eigenvalue weighted by Crippen LogP contribution is -2.43. The molecule has 0 aliphatic rings. The largest absolute Gasteiger partial charge is 0.481 e. The fourth-order valence-electron chi connectivity index (χ4n) is 1.51. The number of nitrogens with two attached hydrogens (primary N) is 1. The Morgan fingerprint density at radius 3 is 2.41 bits per heavy atom. The normalized spacial score (nSPS) is 13.2. The van der Waals surface area contributed by atoms with Crippen molar-refractivity contribution in [1.29, 1.82) is 0 Å². The van der Waals surface area contributed by atoms with Crippen molar-refractivity contribution in [2.45, 2.75) is 64.5 Å². The summed E-state index contributed by atoms with van der Waals surface area (Å²) < 4.78 is 0. The minimum atomic E-state index is -0.843. The maximum atomic E-state index is 11.6. The van der Waals surface area contributed by atoms with Gasteiger partial charge in [0.1, 0.15) is 0 Å². The molecular formula is C12H24N2O3. The number of hydrogen-bond acceptors (Lipinski definition) is 3. The van der Waals surface area contributed by atoms with Crippen LogP contribution in [0.2, 0.25) is 0 Å². The van der Waals surface area contributed by atoms with Crippen LogP contribution in [-0.4, -0.2) is 28.6 Å². The van der Waals surface area contributed by atoms with Crippen LogP contribution in [0.1, 0.15) is 52.9 Å². The lowest BCUT2D eigenvalue weighted by molar-refractivity contribution is -0.137. The van der Waals surface area contributed by atoms with E-state index in [1.807, 2.05) is 20.8 Å². The summed E-state index contributed by atoms with van der Waals surface area (Å²) in [6, 6.07) is 0.114. The van der Waals surface area contributed by atoms with Crippen LogP contribution < -0.4 is 11.1 Å². The van der Waals surface area contributed by atoms with Crippen LogP contribution in [0.25, 0.3) is 0 Å². The average molecular weight is 244 g/mol. The standard InChI is InChI=1S/C12H24N2O3/c1-9(13)5-4-6-10(15)14-12(2,3)8-7-11(16)17/h9H,4-8,13H2,1-3H3,(H,14,15)(H,16,17). The Kier molecular flexibility index (Phi) is 6.80. The van der Waals surface area contributed by atoms with Crippen molar-refractivity contribution in [3.05, 3.63) is 0 Å². The van der Waals surface area contributed by atoms with Crippen LogP contribution in [-0.2, 0) is 9.59 Å². The van der Waals surface area contributed by atoms with Crippen LogP contribution >= 0.6 is 0 Å². The first kappa shape index (κ1) is 15.9. The van der Waals surface area contributed by atoms with Crippen molar-refractivity contribution in [2.24, 2.45) is 5.73 Å². The molecular weight excluding hydrogens is 220 g/mol. The quantitative estimate of drug-likeness (QED) is 0.599. The Morgan fingerprint density at radius 1 is 1.35 bits per heavy atom. The van der Waals surface area contributed by atoms with Crippen LogP contribution in [0.15, 0.2) is 0 Å². The fraction of sp³-hybridized carbons (Fsp3) is 0.833. The van der Waals surface area contributed by atoms with Gasteiger partial charge in [-0.2, -0.15) is 0 Å². The molecule has 17 heavy (non-hydrogen) atoms. The maximum absolute atomic E-state index is 11.6. The molecule has 100 valence electrons. The van der Waals surface area contributed by atoms with E-state index in [1.165, 1.54) is 0 Å². The summed E-state index contributed by atoms with van der Waals surface area (Å²) in [5, 5.41) is 11.4. The number of rotatable bonds is 8. The van der Waals surface area contributed by atoms with Gasteiger partial charge in [-0.15, -0.1) is 0 Å². The lowest BCUT2D eigenvalue weighted by Gasteiger charge is -2.25. The van der Waals surface area contributed by atoms with E-state index < -0.39 is 11.5 Å². The molecule has 1 amide bonds. The molecule has 0 aromatic rings. The number of carbonyl (C=O) groups excluding carboxylic acids is 1. The number of aliphatic carboxylic acids is 1. The van der Waals surface area contributed by atoms with Crippen molar-refractivity contribution in [2.75, 3.05) is 0 Å². The summed E-state index contributed by atoms with van der Waals surface area (Å²) in [6.07, 6.45) is 2.52. The lowest BCUT2D eigenvalue weighted by atomic mass is 9.98. The molecule has 0 heterocycles. The zero-order chi connectivity index (χ0) is 13.5. The molecule has 0 aromatic heterocycles. The third kappa shape index (κ3) is 9.81. The molecule has 0 aliphatic carbocycles. The van der Waals surface area contributed by atoms with Gasteiger partial charge in [0.25, 0.3) is 0 Å². The Morgan fingerprint density at radius 2 is 1.94 bits per heavy atom. The van der Waals surface area contributed by atoms with Crippen LogP contribution in [0.4, 0.5) is 0 Å². The van der Waals surface area contributed by atoms with Crippen molar-refractivity contribution < 1.29 is 14.7 Å². The monoisotopic (exact) mass is 244 g/mol. The first-order valence-electron chi connectivity index (χ1n) is 6.01. The summed E-state index contributed by atoms with van der Waals surface area (Å²) in [6.45, 7) is 5.58. The Labute approximate surface area is 103 Å². The minimum Gasteiger partial charge on any atom is -0.481 e. The summed E-state index contributed by atoms with van der Waals surface area (Å²) in [4.78, 5) is 22.0. The van der Waals surface area contributed by atoms with E-state index >= 15 is 0 Å². The minimum absolute atomic E-state index is 0.0407. The molecule has 0 saturated heterocycles. The number of carboxylic acids is 1. The zero-order valence-electron chi connectivity index (χ0n) is 11.0. The number of carbonyl (C=O) groups is 2. The number of hydrogen-bond donors (Lipinski definition) is 3. The highest BCUT2D eigenvalue weighted by atomic mass is 16.4. The molecule has 0 fully saturated rings. The van der Waals surface area contributed by atoms with Crippen LogP contribution in [0.3, 0.4) is 0 Å². The van der Waals surface area contributed by atoms with E-state index in [-0.39, 0.29) is 18.4 Å². The number of nitrogens with one attached hydrogen (secondary N) is 1. The van der Waals surface area contributed by atoms with Crippen molar-refractivity contribution in [3.63, 3.8) is 0 Å². The van der Waals surface area contributed by atoms with Crippen LogP contribution in [0, 0.1) is 0 Å². The third-order valence-electron chi connectivity index (χ3n) is 2.50. The van der Waals surface area contributed by atoms with Gasteiger partial charge in [0.05, 0.1) is 0 Å². The Hall–Kier alpha value is -1.10. The van der Waals surface area contributed by atoms with Crippen molar-refractivity contribution in [1.82, 2.24) is 5.32 Å². The molecule has 0 aromatic carbocycles. The molecule has 0 saturated carbocycles. The van der Waals surface area contributed by atoms with E-state index in [4.69, 9.17) is 10.8 Å². The molecule has 0 bridgehead atoms. The smallest absolute Gasteiger partial charge is 0.303 e. The van der Waals surface area contributed by atoms with E-state index in [1.54, 1.807) is 0 Å². The SMILES string of the molecule is CC(N)CCCC(=O)NC(C)(C)CCC(=O)O. The third-order valence-corrected chi connectivity index (χ3v) is 2.50. The van der Waals surface area contributed by atoms with E-state index in [0.717, 1.165) is 12.8 Å². The average Bonchev–Trinajstić information content (AvgIpc) is 2.13. The van der Waals surface area contributed by atoms with Crippen molar-refractivity contribution in [3.8, 4) is 0 Å². The molecule has 4 N–H and O–H groups in total. The van der Waals surface area contributed by atoms with Crippen LogP contribution in [0.5, 0.6) is 0 Å². The number of carboxylic acid groups (broad SMARTS) is 1. The van der Waals surface area contributed by atoms with Crippen molar-refractivity contribution >= 4 is 11.9 Å². The Bertz CT molecular complexity index is 262. The van der Waals surface area contributed by atoms with Gasteiger partial charge in [0.2, 0.25) is 5.91 Å². The van der Waals surface area contributed by atoms with Gasteiger partial charge in [-0.25, -0.2) is 0 Å². The zero-order valence-corrected chi connectivity index (χ0v) is 11.0. The molecule has 5 nitrogen and oxygen atoms in total. The maximum Gasteiger partial charge on any atom is 0.303 e. The second-order valence-electron chi connectivity index (χ2n) is 5.20. The first-order chi connectivity index (χ1) is 7.73. The number of amides is 1. The Balaban J connectivity index is 3.88. The van der Waals surface area contributed by atoms with Gasteiger partial charge in [0.15, 0.2) is 0 Å². The van der Waals surface area contributed by atoms with Gasteiger partial charge >= 0.3 is 5.97 Å². The first-order valence-corrected chi connectivity index (χ1v) is 6.01. The second kappa shape index (κ2) is 7.27. The van der Waals surface area contributed by atoms with E-state index in [9.17, 15) is 9.59 Å². The summed E-state index contributed by atoms with van der Waals surface area (Å²) in [5.74, 6) is -0.884. The van der Waals surface area contributed by atoms with E-state index in [2.05, 4.69) is 5.32 Å².